The Labute approximate surface area is 115 Å². The van der Waals surface area contributed by atoms with Gasteiger partial charge in [-0.2, -0.15) is 0 Å². The van der Waals surface area contributed by atoms with E-state index in [1.807, 2.05) is 0 Å². The van der Waals surface area contributed by atoms with Gasteiger partial charge in [0.15, 0.2) is 0 Å². The number of nitrogens with zero attached hydrogens (tertiary/aromatic N) is 2. The Morgan fingerprint density at radius 1 is 1.21 bits per heavy atom. The largest absolute Gasteiger partial charge is 0.480 e. The van der Waals surface area contributed by atoms with Gasteiger partial charge in [-0.25, -0.2) is 4.79 Å². The van der Waals surface area contributed by atoms with Crippen molar-refractivity contribution in [1.29, 1.82) is 0 Å². The molecule has 112 valence electrons. The highest BCUT2D eigenvalue weighted by Gasteiger charge is 2.19. The average molecular weight is 273 g/mol. The van der Waals surface area contributed by atoms with Crippen molar-refractivity contribution in [3.63, 3.8) is 0 Å². The molecule has 0 aromatic rings. The standard InChI is InChI=1S/C13H27N3O3/c1-5-8-15(6-2)9-7-14-13(19)16(11(3)4)10-12(17)18/h11H,5-10H2,1-4H3,(H,14,19)(H,17,18). The fourth-order valence-corrected chi connectivity index (χ4v) is 1.80. The maximum absolute atomic E-state index is 11.9. The van der Waals surface area contributed by atoms with Crippen molar-refractivity contribution in [1.82, 2.24) is 15.1 Å². The highest BCUT2D eigenvalue weighted by molar-refractivity contribution is 5.80. The molecule has 0 saturated heterocycles. The minimum atomic E-state index is -0.995. The molecular weight excluding hydrogens is 246 g/mol. The number of carboxylic acids is 1. The molecule has 0 aliphatic carbocycles. The molecule has 0 aliphatic rings. The van der Waals surface area contributed by atoms with Crippen molar-refractivity contribution in [2.24, 2.45) is 0 Å². The molecule has 2 N–H and O–H groups in total. The molecule has 0 spiro atoms. The Bertz CT molecular complexity index is 282. The van der Waals surface area contributed by atoms with Gasteiger partial charge in [0.25, 0.3) is 0 Å². The first-order chi connectivity index (χ1) is 8.92. The van der Waals surface area contributed by atoms with Crippen LogP contribution < -0.4 is 5.32 Å². The third-order valence-electron chi connectivity index (χ3n) is 2.88. The number of amides is 2. The monoisotopic (exact) mass is 273 g/mol. The fraction of sp³-hybridized carbons (Fsp3) is 0.846. The van der Waals surface area contributed by atoms with Crippen LogP contribution >= 0.6 is 0 Å². The molecule has 2 amide bonds. The Kier molecular flexibility index (Phi) is 8.95. The van der Waals surface area contributed by atoms with E-state index in [1.165, 1.54) is 4.90 Å². The summed E-state index contributed by atoms with van der Waals surface area (Å²) in [4.78, 5) is 26.1. The molecule has 0 aliphatic heterocycles. The lowest BCUT2D eigenvalue weighted by atomic mass is 10.3. The molecule has 0 saturated carbocycles. The maximum atomic E-state index is 11.9. The lowest BCUT2D eigenvalue weighted by Gasteiger charge is -2.26. The molecule has 0 aromatic carbocycles. The second kappa shape index (κ2) is 9.61. The molecule has 0 rings (SSSR count). The number of hydrogen-bond acceptors (Lipinski definition) is 3. The van der Waals surface area contributed by atoms with E-state index in [2.05, 4.69) is 24.1 Å². The summed E-state index contributed by atoms with van der Waals surface area (Å²) in [7, 11) is 0. The molecule has 0 atom stereocenters. The molecule has 0 fully saturated rings. The summed E-state index contributed by atoms with van der Waals surface area (Å²) in [5.41, 5.74) is 0. The van der Waals surface area contributed by atoms with E-state index in [9.17, 15) is 9.59 Å². The van der Waals surface area contributed by atoms with Gasteiger partial charge in [-0.1, -0.05) is 13.8 Å². The van der Waals surface area contributed by atoms with Crippen LogP contribution in [0.5, 0.6) is 0 Å². The van der Waals surface area contributed by atoms with E-state index in [0.717, 1.165) is 26.1 Å². The van der Waals surface area contributed by atoms with Crippen molar-refractivity contribution in [3.8, 4) is 0 Å². The molecule has 0 aromatic heterocycles. The van der Waals surface area contributed by atoms with Crippen LogP contribution in [0.1, 0.15) is 34.1 Å². The lowest BCUT2D eigenvalue weighted by Crippen LogP contribution is -2.48. The van der Waals surface area contributed by atoms with Crippen molar-refractivity contribution >= 4 is 12.0 Å². The van der Waals surface area contributed by atoms with Crippen LogP contribution in [0.4, 0.5) is 4.79 Å². The van der Waals surface area contributed by atoms with Crippen LogP contribution in [0, 0.1) is 0 Å². The molecule has 0 bridgehead atoms. The first-order valence-corrected chi connectivity index (χ1v) is 6.90. The number of hydrogen-bond donors (Lipinski definition) is 2. The molecule has 6 nitrogen and oxygen atoms in total. The van der Waals surface area contributed by atoms with Gasteiger partial charge in [-0.3, -0.25) is 4.79 Å². The topological polar surface area (TPSA) is 72.9 Å². The predicted octanol–water partition coefficient (Wildman–Crippen LogP) is 1.22. The summed E-state index contributed by atoms with van der Waals surface area (Å²) in [5.74, 6) is -0.995. The number of aliphatic carboxylic acids is 1. The summed E-state index contributed by atoms with van der Waals surface area (Å²) in [6, 6.07) is -0.445. The predicted molar refractivity (Wildman–Crippen MR) is 75.3 cm³/mol. The summed E-state index contributed by atoms with van der Waals surface area (Å²) >= 11 is 0. The third kappa shape index (κ3) is 7.66. The molecule has 0 heterocycles. The molecule has 6 heteroatoms. The van der Waals surface area contributed by atoms with Crippen molar-refractivity contribution in [2.45, 2.75) is 40.2 Å². The van der Waals surface area contributed by atoms with Gasteiger partial charge in [0.2, 0.25) is 0 Å². The second-order valence-corrected chi connectivity index (χ2v) is 4.78. The summed E-state index contributed by atoms with van der Waals surface area (Å²) < 4.78 is 0. The van der Waals surface area contributed by atoms with Gasteiger partial charge in [0.1, 0.15) is 6.54 Å². The number of rotatable bonds is 9. The Morgan fingerprint density at radius 3 is 2.26 bits per heavy atom. The van der Waals surface area contributed by atoms with Gasteiger partial charge in [0, 0.05) is 19.1 Å². The number of likely N-dealkylation sites (N-methyl/N-ethyl adjacent to an activating group) is 1. The smallest absolute Gasteiger partial charge is 0.323 e. The number of carboxylic acid groups (broad SMARTS) is 1. The average Bonchev–Trinajstić information content (AvgIpc) is 2.34. The van der Waals surface area contributed by atoms with Gasteiger partial charge < -0.3 is 20.2 Å². The molecular formula is C13H27N3O3. The highest BCUT2D eigenvalue weighted by atomic mass is 16.4. The van der Waals surface area contributed by atoms with Crippen LogP contribution in [-0.2, 0) is 4.79 Å². The normalized spacial score (nSPS) is 10.8. The number of urea groups is 1. The third-order valence-corrected chi connectivity index (χ3v) is 2.88. The fourth-order valence-electron chi connectivity index (χ4n) is 1.80. The summed E-state index contributed by atoms with van der Waals surface area (Å²) in [6.45, 7) is 10.8. The van der Waals surface area contributed by atoms with E-state index >= 15 is 0 Å². The minimum Gasteiger partial charge on any atom is -0.480 e. The number of nitrogens with one attached hydrogen (secondary N) is 1. The van der Waals surface area contributed by atoms with Gasteiger partial charge in [-0.15, -0.1) is 0 Å². The quantitative estimate of drug-likeness (QED) is 0.662. The van der Waals surface area contributed by atoms with Crippen LogP contribution in [0.15, 0.2) is 0 Å². The van der Waals surface area contributed by atoms with Crippen LogP contribution in [-0.4, -0.2) is 65.7 Å². The zero-order valence-corrected chi connectivity index (χ0v) is 12.5. The minimum absolute atomic E-state index is 0.131. The van der Waals surface area contributed by atoms with Crippen LogP contribution in [0.25, 0.3) is 0 Å². The van der Waals surface area contributed by atoms with E-state index in [1.54, 1.807) is 13.8 Å². The zero-order valence-electron chi connectivity index (χ0n) is 12.5. The van der Waals surface area contributed by atoms with Crippen LogP contribution in [0.3, 0.4) is 0 Å². The molecule has 19 heavy (non-hydrogen) atoms. The first-order valence-electron chi connectivity index (χ1n) is 6.90. The van der Waals surface area contributed by atoms with Crippen molar-refractivity contribution in [2.75, 3.05) is 32.7 Å². The number of carbonyl (C=O) groups is 2. The van der Waals surface area contributed by atoms with E-state index in [0.29, 0.717) is 6.54 Å². The molecule has 0 unspecified atom stereocenters. The van der Waals surface area contributed by atoms with E-state index in [-0.39, 0.29) is 18.6 Å². The van der Waals surface area contributed by atoms with Gasteiger partial charge in [0.05, 0.1) is 0 Å². The highest BCUT2D eigenvalue weighted by Crippen LogP contribution is 1.98. The van der Waals surface area contributed by atoms with Crippen LogP contribution in [0.2, 0.25) is 0 Å². The van der Waals surface area contributed by atoms with Crippen molar-refractivity contribution in [3.05, 3.63) is 0 Å². The Hall–Kier alpha value is -1.30. The molecule has 0 radical (unpaired) electrons. The lowest BCUT2D eigenvalue weighted by molar-refractivity contribution is -0.138. The maximum Gasteiger partial charge on any atom is 0.323 e. The Morgan fingerprint density at radius 2 is 1.84 bits per heavy atom. The van der Waals surface area contributed by atoms with Crippen molar-refractivity contribution < 1.29 is 14.7 Å². The number of carbonyl (C=O) groups excluding carboxylic acids is 1. The summed E-state index contributed by atoms with van der Waals surface area (Å²) in [6.07, 6.45) is 1.08. The second-order valence-electron chi connectivity index (χ2n) is 4.78. The zero-order chi connectivity index (χ0) is 14.8. The SMILES string of the molecule is CCCN(CC)CCNC(=O)N(CC(=O)O)C(C)C. The van der Waals surface area contributed by atoms with E-state index < -0.39 is 5.97 Å². The van der Waals surface area contributed by atoms with Gasteiger partial charge >= 0.3 is 12.0 Å². The first kappa shape index (κ1) is 17.7. The van der Waals surface area contributed by atoms with Gasteiger partial charge in [-0.05, 0) is 33.4 Å². The van der Waals surface area contributed by atoms with E-state index in [4.69, 9.17) is 5.11 Å². The summed E-state index contributed by atoms with van der Waals surface area (Å²) in [5, 5.41) is 11.5. The Balaban J connectivity index is 4.15.